The zero-order valence-electron chi connectivity index (χ0n) is 10.4. The Kier molecular flexibility index (Phi) is 5.58. The minimum absolute atomic E-state index is 0.0483. The van der Waals surface area contributed by atoms with Gasteiger partial charge in [-0.15, -0.1) is 0 Å². The first-order valence-electron chi connectivity index (χ1n) is 5.99. The Hall–Kier alpha value is -0.260. The number of nitrogens with two attached hydrogens (primary N) is 1. The fourth-order valence-corrected chi connectivity index (χ4v) is 3.34. The van der Waals surface area contributed by atoms with Crippen molar-refractivity contribution in [3.05, 3.63) is 0 Å². The molecular weight excluding hydrogens is 222 g/mol. The fourth-order valence-electron chi connectivity index (χ4n) is 2.21. The summed E-state index contributed by atoms with van der Waals surface area (Å²) in [7, 11) is 0. The van der Waals surface area contributed by atoms with Crippen LogP contribution in [0.3, 0.4) is 0 Å². The quantitative estimate of drug-likeness (QED) is 0.440. The molecule has 3 unspecified atom stereocenters. The van der Waals surface area contributed by atoms with Gasteiger partial charge in [0, 0.05) is 23.6 Å². The monoisotopic (exact) mass is 245 g/mol. The Labute approximate surface area is 102 Å². The number of nitrogens with one attached hydrogen (secondary N) is 1. The second-order valence-electron chi connectivity index (χ2n) is 4.37. The maximum Gasteiger partial charge on any atom is 0.251 e. The molecule has 3 N–H and O–H groups in total. The first-order chi connectivity index (χ1) is 7.61. The van der Waals surface area contributed by atoms with Crippen LogP contribution in [0, 0.1) is 0 Å². The van der Waals surface area contributed by atoms with Crippen LogP contribution in [0.2, 0.25) is 0 Å². The van der Waals surface area contributed by atoms with E-state index < -0.39 is 0 Å². The number of hydrogen-bond donors (Lipinski definition) is 2. The largest absolute Gasteiger partial charge is 0.293 e. The number of hydrazine groups is 1. The van der Waals surface area contributed by atoms with E-state index in [1.807, 2.05) is 11.8 Å². The predicted molar refractivity (Wildman–Crippen MR) is 69.1 cm³/mol. The first-order valence-corrected chi connectivity index (χ1v) is 7.04. The Morgan fingerprint density at radius 1 is 1.62 bits per heavy atom. The summed E-state index contributed by atoms with van der Waals surface area (Å²) in [6, 6.07) is 0.376. The van der Waals surface area contributed by atoms with Gasteiger partial charge in [-0.2, -0.15) is 11.8 Å². The summed E-state index contributed by atoms with van der Waals surface area (Å²) >= 11 is 1.98. The lowest BCUT2D eigenvalue weighted by Crippen LogP contribution is -2.56. The Bertz CT molecular complexity index is 237. The molecule has 4 nitrogen and oxygen atoms in total. The van der Waals surface area contributed by atoms with Crippen molar-refractivity contribution in [1.82, 2.24) is 10.3 Å². The number of carbonyl (C=O) groups excluding carboxylic acids is 1. The molecule has 1 saturated heterocycles. The van der Waals surface area contributed by atoms with Crippen LogP contribution in [0.4, 0.5) is 0 Å². The molecule has 5 heteroatoms. The summed E-state index contributed by atoms with van der Waals surface area (Å²) in [5.41, 5.74) is 2.30. The molecule has 1 aliphatic rings. The van der Waals surface area contributed by atoms with E-state index in [1.165, 1.54) is 0 Å². The molecule has 1 rings (SSSR count). The molecule has 0 spiro atoms. The third-order valence-corrected chi connectivity index (χ3v) is 4.68. The van der Waals surface area contributed by atoms with E-state index in [2.05, 4.69) is 31.1 Å². The highest BCUT2D eigenvalue weighted by molar-refractivity contribution is 8.00. The molecule has 1 heterocycles. The molecule has 0 bridgehead atoms. The second kappa shape index (κ2) is 6.47. The van der Waals surface area contributed by atoms with Gasteiger partial charge in [0.15, 0.2) is 0 Å². The van der Waals surface area contributed by atoms with Crippen LogP contribution in [-0.4, -0.2) is 40.4 Å². The van der Waals surface area contributed by atoms with Crippen molar-refractivity contribution in [1.29, 1.82) is 0 Å². The zero-order valence-corrected chi connectivity index (χ0v) is 11.2. The van der Waals surface area contributed by atoms with Crippen molar-refractivity contribution in [2.45, 2.75) is 50.9 Å². The van der Waals surface area contributed by atoms with Gasteiger partial charge in [0.05, 0.1) is 6.04 Å². The minimum atomic E-state index is -0.0617. The molecule has 0 aliphatic carbocycles. The highest BCUT2D eigenvalue weighted by Crippen LogP contribution is 2.27. The van der Waals surface area contributed by atoms with E-state index in [0.717, 1.165) is 25.1 Å². The number of rotatable bonds is 4. The van der Waals surface area contributed by atoms with Crippen LogP contribution < -0.4 is 11.3 Å². The van der Waals surface area contributed by atoms with Crippen LogP contribution in [0.5, 0.6) is 0 Å². The van der Waals surface area contributed by atoms with Crippen molar-refractivity contribution < 1.29 is 4.79 Å². The van der Waals surface area contributed by atoms with Crippen molar-refractivity contribution in [2.75, 3.05) is 12.3 Å². The Morgan fingerprint density at radius 2 is 2.31 bits per heavy atom. The van der Waals surface area contributed by atoms with Crippen LogP contribution in [0.15, 0.2) is 0 Å². The highest BCUT2D eigenvalue weighted by Gasteiger charge is 2.33. The third kappa shape index (κ3) is 3.12. The normalized spacial score (nSPS) is 28.8. The van der Waals surface area contributed by atoms with Gasteiger partial charge >= 0.3 is 0 Å². The summed E-state index contributed by atoms with van der Waals surface area (Å²) in [6.07, 6.45) is 1.88. The first kappa shape index (κ1) is 13.8. The van der Waals surface area contributed by atoms with Crippen molar-refractivity contribution >= 4 is 17.7 Å². The van der Waals surface area contributed by atoms with E-state index in [1.54, 1.807) is 0 Å². The number of amides is 1. The van der Waals surface area contributed by atoms with Crippen LogP contribution in [0.25, 0.3) is 0 Å². The molecule has 1 aliphatic heterocycles. The van der Waals surface area contributed by atoms with Crippen molar-refractivity contribution in [3.8, 4) is 0 Å². The molecule has 1 amide bonds. The van der Waals surface area contributed by atoms with E-state index in [9.17, 15) is 4.79 Å². The SMILES string of the molecule is CCCC(C(=O)NN)N1CCSC(C)C1C. The Balaban J connectivity index is 2.72. The summed E-state index contributed by atoms with van der Waals surface area (Å²) in [6.45, 7) is 7.51. The van der Waals surface area contributed by atoms with Crippen LogP contribution in [-0.2, 0) is 4.79 Å². The topological polar surface area (TPSA) is 58.4 Å². The molecular formula is C11H23N3OS. The predicted octanol–water partition coefficient (Wildman–Crippen LogP) is 0.971. The highest BCUT2D eigenvalue weighted by atomic mass is 32.2. The maximum absolute atomic E-state index is 11.8. The van der Waals surface area contributed by atoms with E-state index >= 15 is 0 Å². The smallest absolute Gasteiger partial charge is 0.251 e. The lowest BCUT2D eigenvalue weighted by Gasteiger charge is -2.41. The second-order valence-corrected chi connectivity index (χ2v) is 5.85. The van der Waals surface area contributed by atoms with Gasteiger partial charge in [0.2, 0.25) is 0 Å². The molecule has 0 radical (unpaired) electrons. The van der Waals surface area contributed by atoms with Gasteiger partial charge in [0.1, 0.15) is 0 Å². The van der Waals surface area contributed by atoms with Gasteiger partial charge in [-0.3, -0.25) is 15.1 Å². The van der Waals surface area contributed by atoms with Crippen LogP contribution >= 0.6 is 11.8 Å². The molecule has 1 fully saturated rings. The number of hydrogen-bond acceptors (Lipinski definition) is 4. The Morgan fingerprint density at radius 3 is 2.88 bits per heavy atom. The third-order valence-electron chi connectivity index (χ3n) is 3.34. The molecule has 0 aromatic carbocycles. The van der Waals surface area contributed by atoms with Gasteiger partial charge in [0.25, 0.3) is 5.91 Å². The summed E-state index contributed by atoms with van der Waals surface area (Å²) < 4.78 is 0. The molecule has 94 valence electrons. The lowest BCUT2D eigenvalue weighted by molar-refractivity contribution is -0.127. The fraction of sp³-hybridized carbons (Fsp3) is 0.909. The minimum Gasteiger partial charge on any atom is -0.293 e. The van der Waals surface area contributed by atoms with Crippen molar-refractivity contribution in [2.24, 2.45) is 5.84 Å². The van der Waals surface area contributed by atoms with E-state index in [0.29, 0.717) is 11.3 Å². The zero-order chi connectivity index (χ0) is 12.1. The molecule has 0 saturated carbocycles. The average molecular weight is 245 g/mol. The molecule has 16 heavy (non-hydrogen) atoms. The lowest BCUT2D eigenvalue weighted by atomic mass is 10.1. The molecule has 0 aromatic heterocycles. The summed E-state index contributed by atoms with van der Waals surface area (Å²) in [5, 5.41) is 0.582. The average Bonchev–Trinajstić information content (AvgIpc) is 2.29. The van der Waals surface area contributed by atoms with E-state index in [-0.39, 0.29) is 11.9 Å². The van der Waals surface area contributed by atoms with Gasteiger partial charge in [-0.1, -0.05) is 20.3 Å². The maximum atomic E-state index is 11.8. The summed E-state index contributed by atoms with van der Waals surface area (Å²) in [5.74, 6) is 6.31. The van der Waals surface area contributed by atoms with Crippen LogP contribution in [0.1, 0.15) is 33.6 Å². The molecule has 3 atom stereocenters. The summed E-state index contributed by atoms with van der Waals surface area (Å²) in [4.78, 5) is 14.1. The van der Waals surface area contributed by atoms with E-state index in [4.69, 9.17) is 5.84 Å². The van der Waals surface area contributed by atoms with Gasteiger partial charge in [-0.05, 0) is 13.3 Å². The standard InChI is InChI=1S/C11H23N3OS/c1-4-5-10(11(15)13-12)14-6-7-16-9(3)8(14)2/h8-10H,4-7,12H2,1-3H3,(H,13,15). The van der Waals surface area contributed by atoms with Gasteiger partial charge < -0.3 is 0 Å². The molecule has 0 aromatic rings. The number of thioether (sulfide) groups is 1. The number of carbonyl (C=O) groups is 1. The number of nitrogens with zero attached hydrogens (tertiary/aromatic N) is 1. The van der Waals surface area contributed by atoms with Gasteiger partial charge in [-0.25, -0.2) is 5.84 Å². The van der Waals surface area contributed by atoms with Crippen molar-refractivity contribution in [3.63, 3.8) is 0 Å².